The lowest BCUT2D eigenvalue weighted by Gasteiger charge is -2.30. The van der Waals surface area contributed by atoms with Crippen LogP contribution < -0.4 is 15.4 Å². The van der Waals surface area contributed by atoms with Gasteiger partial charge in [-0.05, 0) is 38.2 Å². The summed E-state index contributed by atoms with van der Waals surface area (Å²) in [5.74, 6) is 0.546. The first-order valence-corrected chi connectivity index (χ1v) is 9.94. The van der Waals surface area contributed by atoms with E-state index in [1.165, 1.54) is 6.26 Å². The number of halogens is 1. The third-order valence-corrected chi connectivity index (χ3v) is 4.78. The summed E-state index contributed by atoms with van der Waals surface area (Å²) in [5.41, 5.74) is 0.768. The zero-order valence-electron chi connectivity index (χ0n) is 16.8. The van der Waals surface area contributed by atoms with Crippen molar-refractivity contribution >= 4 is 23.6 Å². The van der Waals surface area contributed by atoms with Crippen molar-refractivity contribution in [2.24, 2.45) is 0 Å². The molecule has 1 aliphatic rings. The number of amides is 2. The van der Waals surface area contributed by atoms with Gasteiger partial charge in [0.05, 0.1) is 23.5 Å². The molecule has 30 heavy (non-hydrogen) atoms. The fraction of sp³-hybridized carbons (Fsp3) is 0.333. The molecule has 0 aliphatic carbocycles. The number of benzene rings is 1. The molecule has 2 N–H and O–H groups in total. The Morgan fingerprint density at radius 1 is 1.27 bits per heavy atom. The minimum atomic E-state index is -0.726. The maximum atomic E-state index is 12.7. The van der Waals surface area contributed by atoms with Gasteiger partial charge in [0, 0.05) is 18.8 Å². The molecule has 1 aliphatic heterocycles. The summed E-state index contributed by atoms with van der Waals surface area (Å²) in [6.45, 7) is 3.18. The van der Waals surface area contributed by atoms with Gasteiger partial charge in [-0.2, -0.15) is 0 Å². The van der Waals surface area contributed by atoms with Gasteiger partial charge in [-0.3, -0.25) is 4.90 Å². The van der Waals surface area contributed by atoms with Crippen LogP contribution in [0.3, 0.4) is 0 Å². The second kappa shape index (κ2) is 10.2. The molecular formula is C21H24ClN3O5. The lowest BCUT2D eigenvalue weighted by Crippen LogP contribution is -2.48. The Labute approximate surface area is 179 Å². The molecule has 1 aromatic heterocycles. The lowest BCUT2D eigenvalue weighted by molar-refractivity contribution is -0.139. The summed E-state index contributed by atoms with van der Waals surface area (Å²) < 4.78 is 16.4. The van der Waals surface area contributed by atoms with E-state index in [1.807, 2.05) is 24.1 Å². The van der Waals surface area contributed by atoms with Crippen LogP contribution in [0.1, 0.15) is 18.7 Å². The summed E-state index contributed by atoms with van der Waals surface area (Å²) in [5, 5.41) is 5.99. The van der Waals surface area contributed by atoms with Crippen LogP contribution in [0.25, 0.3) is 0 Å². The van der Waals surface area contributed by atoms with Gasteiger partial charge in [0.25, 0.3) is 0 Å². The minimum Gasteiger partial charge on any atom is -0.491 e. The first-order chi connectivity index (χ1) is 14.5. The molecule has 9 heteroatoms. The number of ether oxygens (including phenoxy) is 2. The second-order valence-corrected chi connectivity index (χ2v) is 7.08. The van der Waals surface area contributed by atoms with Gasteiger partial charge in [-0.25, -0.2) is 9.59 Å². The molecule has 2 amide bonds. The highest BCUT2D eigenvalue weighted by Gasteiger charge is 2.35. The third kappa shape index (κ3) is 5.34. The SMILES string of the molecule is CCOC(=O)C1=C(CN(C)CCOc2ccccc2Cl)NC(=O)N[C@H]1c1ccco1. The van der Waals surface area contributed by atoms with E-state index in [1.54, 1.807) is 31.2 Å². The fourth-order valence-corrected chi connectivity index (χ4v) is 3.27. The number of esters is 1. The molecule has 0 unspecified atom stereocenters. The van der Waals surface area contributed by atoms with Crippen LogP contribution >= 0.6 is 11.6 Å². The average Bonchev–Trinajstić information content (AvgIpc) is 3.24. The molecule has 0 fully saturated rings. The highest BCUT2D eigenvalue weighted by atomic mass is 35.5. The Morgan fingerprint density at radius 3 is 2.77 bits per heavy atom. The van der Waals surface area contributed by atoms with E-state index >= 15 is 0 Å². The van der Waals surface area contributed by atoms with E-state index in [2.05, 4.69) is 10.6 Å². The molecule has 1 aromatic carbocycles. The molecule has 160 valence electrons. The number of para-hydroxylation sites is 1. The van der Waals surface area contributed by atoms with E-state index in [4.69, 9.17) is 25.5 Å². The van der Waals surface area contributed by atoms with Crippen molar-refractivity contribution in [1.82, 2.24) is 15.5 Å². The Kier molecular flexibility index (Phi) is 7.37. The average molecular weight is 434 g/mol. The molecule has 0 spiro atoms. The van der Waals surface area contributed by atoms with Gasteiger partial charge in [0.1, 0.15) is 24.2 Å². The predicted octanol–water partition coefficient (Wildman–Crippen LogP) is 3.11. The monoisotopic (exact) mass is 433 g/mol. The van der Waals surface area contributed by atoms with Crippen molar-refractivity contribution in [3.05, 3.63) is 64.7 Å². The van der Waals surface area contributed by atoms with Crippen molar-refractivity contribution in [3.8, 4) is 5.75 Å². The Bertz CT molecular complexity index is 913. The van der Waals surface area contributed by atoms with Crippen LogP contribution in [0, 0.1) is 0 Å². The normalized spacial score (nSPS) is 16.3. The van der Waals surface area contributed by atoms with Crippen molar-refractivity contribution in [2.45, 2.75) is 13.0 Å². The molecule has 0 radical (unpaired) electrons. The first-order valence-electron chi connectivity index (χ1n) is 9.56. The standard InChI is InChI=1S/C21H24ClN3O5/c1-3-28-20(26)18-15(23-21(27)24-19(18)17-9-6-11-29-17)13-25(2)10-12-30-16-8-5-4-7-14(16)22/h4-9,11,19H,3,10,12-13H2,1-2H3,(H2,23,24,27)/t19-/m0/s1. The van der Waals surface area contributed by atoms with Crippen LogP contribution in [-0.4, -0.2) is 50.3 Å². The van der Waals surface area contributed by atoms with Crippen molar-refractivity contribution in [1.29, 1.82) is 0 Å². The van der Waals surface area contributed by atoms with E-state index in [0.29, 0.717) is 47.5 Å². The maximum Gasteiger partial charge on any atom is 0.338 e. The number of rotatable bonds is 9. The topological polar surface area (TPSA) is 93.0 Å². The Hall–Kier alpha value is -2.97. The molecule has 2 aromatic rings. The molecule has 8 nitrogen and oxygen atoms in total. The zero-order valence-corrected chi connectivity index (χ0v) is 17.6. The summed E-state index contributed by atoms with van der Waals surface area (Å²) in [6, 6.07) is 9.50. The summed E-state index contributed by atoms with van der Waals surface area (Å²) in [6.07, 6.45) is 1.49. The number of urea groups is 1. The second-order valence-electron chi connectivity index (χ2n) is 6.68. The fourth-order valence-electron chi connectivity index (χ4n) is 3.08. The van der Waals surface area contributed by atoms with Gasteiger partial charge in [0.2, 0.25) is 0 Å². The van der Waals surface area contributed by atoms with Crippen molar-refractivity contribution in [3.63, 3.8) is 0 Å². The van der Waals surface area contributed by atoms with Crippen LogP contribution in [0.5, 0.6) is 5.75 Å². The largest absolute Gasteiger partial charge is 0.491 e. The molecule has 2 heterocycles. The molecule has 0 saturated heterocycles. The maximum absolute atomic E-state index is 12.7. The molecule has 0 bridgehead atoms. The van der Waals surface area contributed by atoms with Crippen molar-refractivity contribution in [2.75, 3.05) is 33.4 Å². The number of carbonyl (C=O) groups excluding carboxylic acids is 2. The van der Waals surface area contributed by atoms with Gasteiger partial charge in [-0.1, -0.05) is 23.7 Å². The molecule has 3 rings (SSSR count). The van der Waals surface area contributed by atoms with Crippen LogP contribution in [0.2, 0.25) is 5.02 Å². The van der Waals surface area contributed by atoms with Gasteiger partial charge >= 0.3 is 12.0 Å². The first kappa shape index (κ1) is 21.7. The number of furan rings is 1. The van der Waals surface area contributed by atoms with Gasteiger partial charge in [-0.15, -0.1) is 0 Å². The summed E-state index contributed by atoms with van der Waals surface area (Å²) >= 11 is 6.10. The number of nitrogens with one attached hydrogen (secondary N) is 2. The van der Waals surface area contributed by atoms with E-state index < -0.39 is 18.0 Å². The zero-order chi connectivity index (χ0) is 21.5. The van der Waals surface area contributed by atoms with Crippen molar-refractivity contribution < 1.29 is 23.5 Å². The van der Waals surface area contributed by atoms with E-state index in [9.17, 15) is 9.59 Å². The number of likely N-dealkylation sites (N-methyl/N-ethyl adjacent to an activating group) is 1. The van der Waals surface area contributed by atoms with E-state index in [0.717, 1.165) is 0 Å². The third-order valence-electron chi connectivity index (χ3n) is 4.47. The smallest absolute Gasteiger partial charge is 0.338 e. The molecular weight excluding hydrogens is 410 g/mol. The number of hydrogen-bond acceptors (Lipinski definition) is 6. The van der Waals surface area contributed by atoms with Gasteiger partial charge < -0.3 is 24.5 Å². The number of hydrogen-bond donors (Lipinski definition) is 2. The number of nitrogens with zero attached hydrogens (tertiary/aromatic N) is 1. The van der Waals surface area contributed by atoms with Gasteiger partial charge in [0.15, 0.2) is 0 Å². The summed E-state index contributed by atoms with van der Waals surface area (Å²) in [7, 11) is 1.86. The van der Waals surface area contributed by atoms with Crippen LogP contribution in [0.15, 0.2) is 58.3 Å². The highest BCUT2D eigenvalue weighted by molar-refractivity contribution is 6.32. The predicted molar refractivity (Wildman–Crippen MR) is 111 cm³/mol. The summed E-state index contributed by atoms with van der Waals surface area (Å²) in [4.78, 5) is 26.8. The minimum absolute atomic E-state index is 0.218. The Balaban J connectivity index is 1.73. The molecule has 1 atom stereocenters. The lowest BCUT2D eigenvalue weighted by atomic mass is 10.00. The molecule has 0 saturated carbocycles. The van der Waals surface area contributed by atoms with E-state index in [-0.39, 0.29) is 6.61 Å². The van der Waals surface area contributed by atoms with Crippen LogP contribution in [-0.2, 0) is 9.53 Å². The quantitative estimate of drug-likeness (QED) is 0.590. The Morgan fingerprint density at radius 2 is 2.07 bits per heavy atom. The number of carbonyl (C=O) groups is 2. The van der Waals surface area contributed by atoms with Crippen LogP contribution in [0.4, 0.5) is 4.79 Å². The highest BCUT2D eigenvalue weighted by Crippen LogP contribution is 2.28.